The Morgan fingerprint density at radius 3 is 2.34 bits per heavy atom. The van der Waals surface area contributed by atoms with E-state index >= 15 is 0 Å². The summed E-state index contributed by atoms with van der Waals surface area (Å²) in [5.74, 6) is 2.73. The zero-order valence-corrected chi connectivity index (χ0v) is 16.8. The topological polar surface area (TPSA) is 82.1 Å². The monoisotopic (exact) mass is 390 g/mol. The molecular weight excluding hydrogens is 364 g/mol. The highest BCUT2D eigenvalue weighted by atomic mass is 15.3. The van der Waals surface area contributed by atoms with Crippen molar-refractivity contribution in [3.8, 4) is 0 Å². The highest BCUT2D eigenvalue weighted by Gasteiger charge is 2.18. The molecule has 1 aliphatic rings. The van der Waals surface area contributed by atoms with Crippen LogP contribution >= 0.6 is 0 Å². The Balaban J connectivity index is 1.47. The number of para-hydroxylation sites is 1. The van der Waals surface area contributed by atoms with Crippen LogP contribution in [0.1, 0.15) is 12.7 Å². The summed E-state index contributed by atoms with van der Waals surface area (Å²) in [6.07, 6.45) is 2.55. The summed E-state index contributed by atoms with van der Waals surface area (Å²) in [5.41, 5.74) is 1.95. The van der Waals surface area contributed by atoms with Crippen LogP contribution in [0.4, 0.5) is 29.1 Å². The minimum atomic E-state index is 0.530. The van der Waals surface area contributed by atoms with Crippen LogP contribution < -0.4 is 15.5 Å². The minimum Gasteiger partial charge on any atom is -0.354 e. The standard InChI is InChI=1S/C21H26N8/c1-3-18-24-20(27-21(26-18)29-13-11-28(2)12-14-29)25-19-10-9-17(15-22-19)23-16-7-5-4-6-8-16/h4-10,15,23H,3,11-14H2,1-2H3,(H,22,24,25,26,27). The van der Waals surface area contributed by atoms with Gasteiger partial charge >= 0.3 is 0 Å². The van der Waals surface area contributed by atoms with E-state index in [1.165, 1.54) is 0 Å². The maximum atomic E-state index is 4.63. The van der Waals surface area contributed by atoms with Crippen molar-refractivity contribution in [2.24, 2.45) is 0 Å². The maximum Gasteiger partial charge on any atom is 0.233 e. The van der Waals surface area contributed by atoms with E-state index in [-0.39, 0.29) is 0 Å². The number of nitrogens with one attached hydrogen (secondary N) is 2. The van der Waals surface area contributed by atoms with Gasteiger partial charge in [0, 0.05) is 38.3 Å². The highest BCUT2D eigenvalue weighted by molar-refractivity contribution is 5.61. The van der Waals surface area contributed by atoms with Gasteiger partial charge in [0.1, 0.15) is 11.6 Å². The summed E-state index contributed by atoms with van der Waals surface area (Å²) >= 11 is 0. The van der Waals surface area contributed by atoms with Crippen molar-refractivity contribution in [2.45, 2.75) is 13.3 Å². The molecule has 0 saturated carbocycles. The Labute approximate surface area is 171 Å². The van der Waals surface area contributed by atoms with Gasteiger partial charge < -0.3 is 20.4 Å². The van der Waals surface area contributed by atoms with Crippen LogP contribution in [0.5, 0.6) is 0 Å². The number of nitrogens with zero attached hydrogens (tertiary/aromatic N) is 6. The quantitative estimate of drug-likeness (QED) is 0.665. The van der Waals surface area contributed by atoms with Gasteiger partial charge in [-0.05, 0) is 31.3 Å². The molecule has 3 aromatic rings. The molecule has 0 amide bonds. The molecule has 29 heavy (non-hydrogen) atoms. The average molecular weight is 390 g/mol. The predicted octanol–water partition coefficient (Wildman–Crippen LogP) is 3.07. The lowest BCUT2D eigenvalue weighted by Gasteiger charge is -2.32. The van der Waals surface area contributed by atoms with Crippen LogP contribution in [0.15, 0.2) is 48.7 Å². The van der Waals surface area contributed by atoms with Gasteiger partial charge in [-0.3, -0.25) is 0 Å². The predicted molar refractivity (Wildman–Crippen MR) is 116 cm³/mol. The van der Waals surface area contributed by atoms with Gasteiger partial charge in [0.05, 0.1) is 11.9 Å². The van der Waals surface area contributed by atoms with E-state index in [1.807, 2.05) is 42.5 Å². The first-order valence-electron chi connectivity index (χ1n) is 9.93. The number of piperazine rings is 1. The molecular formula is C21H26N8. The van der Waals surface area contributed by atoms with E-state index in [0.717, 1.165) is 55.7 Å². The third kappa shape index (κ3) is 4.97. The normalized spacial score (nSPS) is 14.6. The van der Waals surface area contributed by atoms with Gasteiger partial charge in [0.15, 0.2) is 0 Å². The van der Waals surface area contributed by atoms with Crippen LogP contribution in [0, 0.1) is 0 Å². The SMILES string of the molecule is CCc1nc(Nc2ccc(Nc3ccccc3)cn2)nc(N2CCN(C)CC2)n1. The zero-order chi connectivity index (χ0) is 20.1. The minimum absolute atomic E-state index is 0.530. The number of aryl methyl sites for hydroxylation is 1. The van der Waals surface area contributed by atoms with Crippen molar-refractivity contribution in [3.63, 3.8) is 0 Å². The van der Waals surface area contributed by atoms with Gasteiger partial charge in [-0.15, -0.1) is 0 Å². The first-order valence-corrected chi connectivity index (χ1v) is 9.93. The molecule has 1 aromatic carbocycles. The fraction of sp³-hybridized carbons (Fsp3) is 0.333. The third-order valence-electron chi connectivity index (χ3n) is 4.84. The first kappa shape index (κ1) is 19.1. The molecule has 4 rings (SSSR count). The van der Waals surface area contributed by atoms with Crippen LogP contribution in [-0.2, 0) is 6.42 Å². The number of pyridine rings is 1. The first-order chi connectivity index (χ1) is 14.2. The number of likely N-dealkylation sites (N-methyl/N-ethyl adjacent to an activating group) is 1. The third-order valence-corrected chi connectivity index (χ3v) is 4.84. The number of rotatable bonds is 6. The second-order valence-electron chi connectivity index (χ2n) is 7.07. The second kappa shape index (κ2) is 8.83. The van der Waals surface area contributed by atoms with E-state index in [1.54, 1.807) is 6.20 Å². The van der Waals surface area contributed by atoms with Gasteiger partial charge in [-0.25, -0.2) is 4.98 Å². The summed E-state index contributed by atoms with van der Waals surface area (Å²) < 4.78 is 0. The highest BCUT2D eigenvalue weighted by Crippen LogP contribution is 2.19. The van der Waals surface area contributed by atoms with Crippen LogP contribution in [0.3, 0.4) is 0 Å². The number of hydrogen-bond acceptors (Lipinski definition) is 8. The van der Waals surface area contributed by atoms with Gasteiger partial charge in [0.25, 0.3) is 0 Å². The number of aromatic nitrogens is 4. The molecule has 0 bridgehead atoms. The van der Waals surface area contributed by atoms with Gasteiger partial charge in [-0.1, -0.05) is 25.1 Å². The molecule has 0 radical (unpaired) electrons. The van der Waals surface area contributed by atoms with Crippen molar-refractivity contribution in [2.75, 3.05) is 48.8 Å². The summed E-state index contributed by atoms with van der Waals surface area (Å²) in [4.78, 5) is 22.8. The Kier molecular flexibility index (Phi) is 5.81. The maximum absolute atomic E-state index is 4.63. The molecule has 1 aliphatic heterocycles. The number of benzene rings is 1. The molecule has 1 saturated heterocycles. The van der Waals surface area contributed by atoms with E-state index in [0.29, 0.717) is 11.8 Å². The lowest BCUT2D eigenvalue weighted by molar-refractivity contribution is 0.311. The van der Waals surface area contributed by atoms with Crippen molar-refractivity contribution < 1.29 is 0 Å². The fourth-order valence-electron chi connectivity index (χ4n) is 3.11. The molecule has 150 valence electrons. The van der Waals surface area contributed by atoms with Crippen molar-refractivity contribution in [3.05, 3.63) is 54.5 Å². The molecule has 8 heteroatoms. The molecule has 0 aliphatic carbocycles. The molecule has 2 aromatic heterocycles. The molecule has 0 spiro atoms. The summed E-state index contributed by atoms with van der Waals surface area (Å²) in [5, 5.41) is 6.55. The average Bonchev–Trinajstić information content (AvgIpc) is 2.76. The molecule has 2 N–H and O–H groups in total. The largest absolute Gasteiger partial charge is 0.354 e. The zero-order valence-electron chi connectivity index (χ0n) is 16.8. The van der Waals surface area contributed by atoms with E-state index in [2.05, 4.69) is 54.3 Å². The van der Waals surface area contributed by atoms with Crippen molar-refractivity contribution in [1.82, 2.24) is 24.8 Å². The lowest BCUT2D eigenvalue weighted by Crippen LogP contribution is -2.45. The van der Waals surface area contributed by atoms with Crippen molar-refractivity contribution in [1.29, 1.82) is 0 Å². The molecule has 3 heterocycles. The van der Waals surface area contributed by atoms with E-state index in [9.17, 15) is 0 Å². The number of anilines is 5. The van der Waals surface area contributed by atoms with Crippen LogP contribution in [0.2, 0.25) is 0 Å². The lowest BCUT2D eigenvalue weighted by atomic mass is 10.3. The van der Waals surface area contributed by atoms with Crippen LogP contribution in [-0.4, -0.2) is 58.1 Å². The molecule has 8 nitrogen and oxygen atoms in total. The Hall–Kier alpha value is -3.26. The molecule has 0 atom stereocenters. The smallest absolute Gasteiger partial charge is 0.233 e. The Bertz CT molecular complexity index is 921. The van der Waals surface area contributed by atoms with Crippen molar-refractivity contribution >= 4 is 29.1 Å². The van der Waals surface area contributed by atoms with E-state index in [4.69, 9.17) is 0 Å². The molecule has 0 unspecified atom stereocenters. The van der Waals surface area contributed by atoms with Gasteiger partial charge in [0.2, 0.25) is 11.9 Å². The molecule has 1 fully saturated rings. The Morgan fingerprint density at radius 2 is 1.66 bits per heavy atom. The summed E-state index contributed by atoms with van der Waals surface area (Å²) in [6.45, 7) is 5.90. The summed E-state index contributed by atoms with van der Waals surface area (Å²) in [7, 11) is 2.14. The fourth-order valence-corrected chi connectivity index (χ4v) is 3.11. The summed E-state index contributed by atoms with van der Waals surface area (Å²) in [6, 6.07) is 13.9. The van der Waals surface area contributed by atoms with Gasteiger partial charge in [-0.2, -0.15) is 15.0 Å². The van der Waals surface area contributed by atoms with Crippen LogP contribution in [0.25, 0.3) is 0 Å². The van der Waals surface area contributed by atoms with E-state index < -0.39 is 0 Å². The number of hydrogen-bond donors (Lipinski definition) is 2. The second-order valence-corrected chi connectivity index (χ2v) is 7.07. The Morgan fingerprint density at radius 1 is 0.862 bits per heavy atom.